The zero-order chi connectivity index (χ0) is 14.7. The van der Waals surface area contributed by atoms with Crippen molar-refractivity contribution in [2.45, 2.75) is 13.0 Å². The molecule has 2 aromatic rings. The molecule has 0 amide bonds. The maximum absolute atomic E-state index is 6.35. The molecule has 0 aromatic heterocycles. The Morgan fingerprint density at radius 2 is 1.75 bits per heavy atom. The highest BCUT2D eigenvalue weighted by atomic mass is 79.9. The number of benzene rings is 2. The fourth-order valence-electron chi connectivity index (χ4n) is 2.09. The van der Waals surface area contributed by atoms with E-state index in [-0.39, 0.29) is 6.04 Å². The molecular formula is C15H13Br2Cl2N. The van der Waals surface area contributed by atoms with Gasteiger partial charge in [-0.1, -0.05) is 68.1 Å². The van der Waals surface area contributed by atoms with E-state index in [1.54, 1.807) is 0 Å². The summed E-state index contributed by atoms with van der Waals surface area (Å²) >= 11 is 19.8. The van der Waals surface area contributed by atoms with Gasteiger partial charge in [-0.3, -0.25) is 0 Å². The summed E-state index contributed by atoms with van der Waals surface area (Å²) < 4.78 is 2.03. The van der Waals surface area contributed by atoms with Crippen LogP contribution >= 0.6 is 55.1 Å². The van der Waals surface area contributed by atoms with E-state index in [0.29, 0.717) is 10.0 Å². The zero-order valence-electron chi connectivity index (χ0n) is 10.8. The molecule has 0 saturated carbocycles. The van der Waals surface area contributed by atoms with Gasteiger partial charge in [0.15, 0.2) is 0 Å². The second kappa shape index (κ2) is 7.28. The van der Waals surface area contributed by atoms with Crippen molar-refractivity contribution in [2.24, 2.45) is 0 Å². The molecule has 1 unspecified atom stereocenters. The quantitative estimate of drug-likeness (QED) is 0.598. The van der Waals surface area contributed by atoms with E-state index in [4.69, 9.17) is 23.2 Å². The van der Waals surface area contributed by atoms with Gasteiger partial charge in [-0.2, -0.15) is 0 Å². The normalized spacial score (nSPS) is 12.4. The first-order valence-electron chi connectivity index (χ1n) is 6.16. The van der Waals surface area contributed by atoms with Crippen molar-refractivity contribution >= 4 is 55.1 Å². The van der Waals surface area contributed by atoms with Crippen molar-refractivity contribution in [1.82, 2.24) is 5.32 Å². The highest BCUT2D eigenvalue weighted by molar-refractivity contribution is 9.11. The zero-order valence-corrected chi connectivity index (χ0v) is 15.4. The third-order valence-electron chi connectivity index (χ3n) is 2.97. The molecule has 1 nitrogen and oxygen atoms in total. The van der Waals surface area contributed by atoms with E-state index >= 15 is 0 Å². The SMILES string of the molecule is CCNC(c1cc(Br)ccc1Br)c1c(Cl)cccc1Cl. The van der Waals surface area contributed by atoms with Crippen LogP contribution in [0.1, 0.15) is 24.1 Å². The van der Waals surface area contributed by atoms with Crippen molar-refractivity contribution in [1.29, 1.82) is 0 Å². The van der Waals surface area contributed by atoms with Gasteiger partial charge in [0.05, 0.1) is 6.04 Å². The first-order valence-corrected chi connectivity index (χ1v) is 8.51. The van der Waals surface area contributed by atoms with Crippen LogP contribution in [0.4, 0.5) is 0 Å². The van der Waals surface area contributed by atoms with Crippen LogP contribution < -0.4 is 5.32 Å². The molecule has 0 spiro atoms. The summed E-state index contributed by atoms with van der Waals surface area (Å²) in [7, 11) is 0. The highest BCUT2D eigenvalue weighted by Gasteiger charge is 2.21. The first kappa shape index (κ1) is 16.3. The summed E-state index contributed by atoms with van der Waals surface area (Å²) in [5.74, 6) is 0. The minimum absolute atomic E-state index is 0.0620. The van der Waals surface area contributed by atoms with E-state index < -0.39 is 0 Å². The minimum atomic E-state index is -0.0620. The Bertz CT molecular complexity index is 597. The molecule has 0 aliphatic heterocycles. The van der Waals surface area contributed by atoms with E-state index in [9.17, 15) is 0 Å². The molecule has 0 heterocycles. The lowest BCUT2D eigenvalue weighted by atomic mass is 9.98. The van der Waals surface area contributed by atoms with Crippen molar-refractivity contribution in [3.8, 4) is 0 Å². The third-order valence-corrected chi connectivity index (χ3v) is 4.84. The molecule has 0 radical (unpaired) electrons. The maximum Gasteiger partial charge on any atom is 0.0617 e. The Morgan fingerprint density at radius 3 is 2.35 bits per heavy atom. The van der Waals surface area contributed by atoms with Crippen LogP contribution in [-0.4, -0.2) is 6.54 Å². The third kappa shape index (κ3) is 3.58. The summed E-state index contributed by atoms with van der Waals surface area (Å²) in [6, 6.07) is 11.6. The fraction of sp³-hybridized carbons (Fsp3) is 0.200. The molecule has 5 heteroatoms. The maximum atomic E-state index is 6.35. The largest absolute Gasteiger partial charge is 0.306 e. The predicted molar refractivity (Wildman–Crippen MR) is 93.8 cm³/mol. The Hall–Kier alpha value is -0.0600. The lowest BCUT2D eigenvalue weighted by Crippen LogP contribution is -2.23. The van der Waals surface area contributed by atoms with Gasteiger partial charge in [0.1, 0.15) is 0 Å². The van der Waals surface area contributed by atoms with Gasteiger partial charge in [-0.15, -0.1) is 0 Å². The molecular weight excluding hydrogens is 425 g/mol. The van der Waals surface area contributed by atoms with E-state index in [1.165, 1.54) is 0 Å². The van der Waals surface area contributed by atoms with Gasteiger partial charge >= 0.3 is 0 Å². The van der Waals surface area contributed by atoms with Gasteiger partial charge in [0, 0.05) is 24.6 Å². The summed E-state index contributed by atoms with van der Waals surface area (Å²) in [5.41, 5.74) is 1.99. The summed E-state index contributed by atoms with van der Waals surface area (Å²) in [6.07, 6.45) is 0. The average molecular weight is 438 g/mol. The lowest BCUT2D eigenvalue weighted by Gasteiger charge is -2.22. The van der Waals surface area contributed by atoms with Crippen LogP contribution in [0.25, 0.3) is 0 Å². The molecule has 0 aliphatic carbocycles. The smallest absolute Gasteiger partial charge is 0.0617 e. The molecule has 1 N–H and O–H groups in total. The van der Waals surface area contributed by atoms with Gasteiger partial charge in [-0.25, -0.2) is 0 Å². The molecule has 2 rings (SSSR count). The van der Waals surface area contributed by atoms with Crippen LogP contribution in [-0.2, 0) is 0 Å². The van der Waals surface area contributed by atoms with Gasteiger partial charge < -0.3 is 5.32 Å². The van der Waals surface area contributed by atoms with Crippen LogP contribution in [0.15, 0.2) is 45.3 Å². The summed E-state index contributed by atoms with van der Waals surface area (Å²) in [5, 5.41) is 4.77. The van der Waals surface area contributed by atoms with Crippen LogP contribution in [0.5, 0.6) is 0 Å². The molecule has 2 aromatic carbocycles. The topological polar surface area (TPSA) is 12.0 Å². The number of halogens is 4. The summed E-state index contributed by atoms with van der Waals surface area (Å²) in [6.45, 7) is 2.87. The fourth-order valence-corrected chi connectivity index (χ4v) is 3.56. The van der Waals surface area contributed by atoms with Crippen molar-refractivity contribution < 1.29 is 0 Å². The summed E-state index contributed by atoms with van der Waals surface area (Å²) in [4.78, 5) is 0. The second-order valence-electron chi connectivity index (χ2n) is 4.29. The van der Waals surface area contributed by atoms with Crippen molar-refractivity contribution in [2.75, 3.05) is 6.54 Å². The Morgan fingerprint density at radius 1 is 1.10 bits per heavy atom. The van der Waals surface area contributed by atoms with Crippen LogP contribution in [0.3, 0.4) is 0 Å². The molecule has 106 valence electrons. The lowest BCUT2D eigenvalue weighted by molar-refractivity contribution is 0.628. The second-order valence-corrected chi connectivity index (χ2v) is 6.88. The molecule has 0 saturated heterocycles. The monoisotopic (exact) mass is 435 g/mol. The molecule has 1 atom stereocenters. The average Bonchev–Trinajstić information content (AvgIpc) is 2.40. The van der Waals surface area contributed by atoms with Crippen LogP contribution in [0, 0.1) is 0 Å². The number of hydrogen-bond donors (Lipinski definition) is 1. The Labute approximate surface area is 145 Å². The first-order chi connectivity index (χ1) is 9.54. The van der Waals surface area contributed by atoms with E-state index in [2.05, 4.69) is 50.2 Å². The molecule has 20 heavy (non-hydrogen) atoms. The highest BCUT2D eigenvalue weighted by Crippen LogP contribution is 2.37. The van der Waals surface area contributed by atoms with Gasteiger partial charge in [0.25, 0.3) is 0 Å². The standard InChI is InChI=1S/C15H13Br2Cl2N/c1-2-20-15(10-8-9(16)6-7-11(10)17)14-12(18)4-3-5-13(14)19/h3-8,15,20H,2H2,1H3. The molecule has 0 aliphatic rings. The van der Waals surface area contributed by atoms with Gasteiger partial charge in [-0.05, 0) is 42.4 Å². The number of nitrogens with one attached hydrogen (secondary N) is 1. The predicted octanol–water partition coefficient (Wildman–Crippen LogP) is 6.22. The van der Waals surface area contributed by atoms with Crippen LogP contribution in [0.2, 0.25) is 10.0 Å². The Kier molecular flexibility index (Phi) is 5.94. The van der Waals surface area contributed by atoms with Crippen molar-refractivity contribution in [3.05, 3.63) is 66.5 Å². The molecule has 0 bridgehead atoms. The van der Waals surface area contributed by atoms with E-state index in [0.717, 1.165) is 26.6 Å². The van der Waals surface area contributed by atoms with Crippen molar-refractivity contribution in [3.63, 3.8) is 0 Å². The number of hydrogen-bond acceptors (Lipinski definition) is 1. The number of rotatable bonds is 4. The molecule has 0 fully saturated rings. The minimum Gasteiger partial charge on any atom is -0.306 e. The van der Waals surface area contributed by atoms with E-state index in [1.807, 2.05) is 30.3 Å². The van der Waals surface area contributed by atoms with Gasteiger partial charge in [0.2, 0.25) is 0 Å². The Balaban J connectivity index is 2.59.